The highest BCUT2D eigenvalue weighted by Gasteiger charge is 2.18. The van der Waals surface area contributed by atoms with Crippen molar-refractivity contribution >= 4 is 11.9 Å². The molecule has 0 aromatic heterocycles. The number of hydrogen-bond acceptors (Lipinski definition) is 3. The monoisotopic (exact) mass is 359 g/mol. The molecule has 5 nitrogen and oxygen atoms in total. The van der Waals surface area contributed by atoms with Crippen molar-refractivity contribution in [3.05, 3.63) is 65.0 Å². The molecule has 0 bridgehead atoms. The number of rotatable bonds is 8. The van der Waals surface area contributed by atoms with Gasteiger partial charge in [0, 0.05) is 0 Å². The summed E-state index contributed by atoms with van der Waals surface area (Å²) in [5, 5.41) is 11.7. The van der Waals surface area contributed by atoms with Crippen LogP contribution >= 0.6 is 0 Å². The Hall–Kier alpha value is -2.89. The quantitative estimate of drug-likeness (QED) is 0.756. The van der Waals surface area contributed by atoms with Crippen molar-refractivity contribution in [3.63, 3.8) is 0 Å². The second kappa shape index (κ2) is 8.99. The van der Waals surface area contributed by atoms with Gasteiger partial charge < -0.3 is 15.2 Å². The molecule has 1 unspecified atom stereocenters. The van der Waals surface area contributed by atoms with Crippen molar-refractivity contribution in [2.75, 3.05) is 6.61 Å². The van der Waals surface area contributed by atoms with Crippen molar-refractivity contribution in [3.8, 4) is 5.75 Å². The summed E-state index contributed by atoms with van der Waals surface area (Å²) < 4.78 is 18.7. The molecule has 26 heavy (non-hydrogen) atoms. The first-order valence-electron chi connectivity index (χ1n) is 8.32. The number of carboxylic acid groups (broad SMARTS) is 1. The number of benzene rings is 2. The zero-order valence-corrected chi connectivity index (χ0v) is 14.8. The van der Waals surface area contributed by atoms with E-state index in [0.29, 0.717) is 5.56 Å². The number of aryl methyl sites for hydroxylation is 2. The average molecular weight is 359 g/mol. The van der Waals surface area contributed by atoms with Crippen LogP contribution < -0.4 is 10.1 Å². The minimum absolute atomic E-state index is 0.0880. The van der Waals surface area contributed by atoms with E-state index in [4.69, 9.17) is 9.84 Å². The van der Waals surface area contributed by atoms with Gasteiger partial charge in [-0.05, 0) is 48.7 Å². The molecule has 0 saturated heterocycles. The molecule has 2 rings (SSSR count). The van der Waals surface area contributed by atoms with E-state index in [1.165, 1.54) is 24.3 Å². The summed E-state index contributed by atoms with van der Waals surface area (Å²) in [6.45, 7) is 4.06. The number of carboxylic acids is 1. The largest absolute Gasteiger partial charge is 0.493 e. The van der Waals surface area contributed by atoms with Crippen LogP contribution in [0.5, 0.6) is 5.75 Å². The summed E-state index contributed by atoms with van der Waals surface area (Å²) in [6, 6.07) is 10.5. The average Bonchev–Trinajstić information content (AvgIpc) is 2.57. The molecule has 0 heterocycles. The Morgan fingerprint density at radius 3 is 2.50 bits per heavy atom. The second-order valence-corrected chi connectivity index (χ2v) is 6.14. The van der Waals surface area contributed by atoms with Crippen molar-refractivity contribution in [2.45, 2.75) is 32.7 Å². The number of nitrogens with one attached hydrogen (secondary N) is 1. The normalized spacial score (nSPS) is 11.7. The number of carbonyl (C=O) groups is 2. The molecule has 1 amide bonds. The molecule has 0 aliphatic heterocycles. The van der Waals surface area contributed by atoms with Crippen LogP contribution in [-0.2, 0) is 9.59 Å². The van der Waals surface area contributed by atoms with Gasteiger partial charge in [0.25, 0.3) is 0 Å². The molecule has 138 valence electrons. The lowest BCUT2D eigenvalue weighted by molar-refractivity contribution is -0.137. The molecule has 0 aliphatic carbocycles. The third-order valence-corrected chi connectivity index (χ3v) is 3.92. The van der Waals surface area contributed by atoms with Gasteiger partial charge in [-0.1, -0.05) is 24.3 Å². The lowest BCUT2D eigenvalue weighted by atomic mass is 10.0. The Bertz CT molecular complexity index is 774. The first-order valence-corrected chi connectivity index (χ1v) is 8.32. The van der Waals surface area contributed by atoms with E-state index in [1.807, 2.05) is 32.0 Å². The lowest BCUT2D eigenvalue weighted by Gasteiger charge is -2.18. The SMILES string of the molecule is Cc1ccc(C)c(OCCC(=O)NC(CC(=O)O)c2ccc(F)cc2)c1. The number of aliphatic carboxylic acids is 1. The van der Waals surface area contributed by atoms with Gasteiger partial charge in [0.15, 0.2) is 0 Å². The van der Waals surface area contributed by atoms with Crippen LogP contribution in [0.15, 0.2) is 42.5 Å². The third kappa shape index (κ3) is 5.88. The molecule has 2 N–H and O–H groups in total. The van der Waals surface area contributed by atoms with Crippen LogP contribution in [0.2, 0.25) is 0 Å². The van der Waals surface area contributed by atoms with E-state index in [2.05, 4.69) is 5.32 Å². The molecule has 0 saturated carbocycles. The summed E-state index contributed by atoms with van der Waals surface area (Å²) in [6.07, 6.45) is -0.195. The Kier molecular flexibility index (Phi) is 6.72. The maximum atomic E-state index is 13.0. The van der Waals surface area contributed by atoms with Crippen LogP contribution in [-0.4, -0.2) is 23.6 Å². The molecule has 6 heteroatoms. The van der Waals surface area contributed by atoms with E-state index in [0.717, 1.165) is 16.9 Å². The Morgan fingerprint density at radius 1 is 1.15 bits per heavy atom. The minimum atomic E-state index is -1.05. The van der Waals surface area contributed by atoms with Crippen molar-refractivity contribution < 1.29 is 23.8 Å². The maximum absolute atomic E-state index is 13.0. The summed E-state index contributed by atoms with van der Waals surface area (Å²) >= 11 is 0. The van der Waals surface area contributed by atoms with Gasteiger partial charge in [-0.15, -0.1) is 0 Å². The summed E-state index contributed by atoms with van der Waals surface area (Å²) in [5.41, 5.74) is 2.58. The zero-order chi connectivity index (χ0) is 19.1. The van der Waals surface area contributed by atoms with Crippen LogP contribution in [0.25, 0.3) is 0 Å². The van der Waals surface area contributed by atoms with Gasteiger partial charge in [-0.2, -0.15) is 0 Å². The minimum Gasteiger partial charge on any atom is -0.493 e. The summed E-state index contributed by atoms with van der Waals surface area (Å²) in [5.74, 6) is -1.08. The van der Waals surface area contributed by atoms with Gasteiger partial charge in [-0.25, -0.2) is 4.39 Å². The molecule has 0 spiro atoms. The highest BCUT2D eigenvalue weighted by atomic mass is 19.1. The standard InChI is InChI=1S/C20H22FNO4/c1-13-3-4-14(2)18(11-13)26-10-9-19(23)22-17(12-20(24)25)15-5-7-16(21)8-6-15/h3-8,11,17H,9-10,12H2,1-2H3,(H,22,23)(H,24,25). The smallest absolute Gasteiger partial charge is 0.305 e. The van der Waals surface area contributed by atoms with Crippen LogP contribution in [0, 0.1) is 19.7 Å². The van der Waals surface area contributed by atoms with Gasteiger partial charge in [0.2, 0.25) is 5.91 Å². The number of hydrogen-bond donors (Lipinski definition) is 2. The number of amides is 1. The van der Waals surface area contributed by atoms with E-state index in [9.17, 15) is 14.0 Å². The Labute approximate surface area is 151 Å². The van der Waals surface area contributed by atoms with Gasteiger partial charge >= 0.3 is 5.97 Å². The van der Waals surface area contributed by atoms with Crippen LogP contribution in [0.1, 0.15) is 35.6 Å². The lowest BCUT2D eigenvalue weighted by Crippen LogP contribution is -2.31. The fourth-order valence-electron chi connectivity index (χ4n) is 2.50. The zero-order valence-electron chi connectivity index (χ0n) is 14.8. The number of carbonyl (C=O) groups excluding carboxylic acids is 1. The summed E-state index contributed by atoms with van der Waals surface area (Å²) in [4.78, 5) is 23.2. The third-order valence-electron chi connectivity index (χ3n) is 3.92. The molecule has 2 aromatic carbocycles. The Morgan fingerprint density at radius 2 is 1.85 bits per heavy atom. The molecule has 0 radical (unpaired) electrons. The highest BCUT2D eigenvalue weighted by molar-refractivity contribution is 5.77. The topological polar surface area (TPSA) is 75.6 Å². The van der Waals surface area contributed by atoms with E-state index < -0.39 is 17.8 Å². The van der Waals surface area contributed by atoms with Gasteiger partial charge in [0.1, 0.15) is 11.6 Å². The molecular weight excluding hydrogens is 337 g/mol. The predicted molar refractivity (Wildman–Crippen MR) is 95.6 cm³/mol. The fourth-order valence-corrected chi connectivity index (χ4v) is 2.50. The number of halogens is 1. The van der Waals surface area contributed by atoms with Crippen molar-refractivity contribution in [1.29, 1.82) is 0 Å². The van der Waals surface area contributed by atoms with Gasteiger partial charge in [-0.3, -0.25) is 9.59 Å². The van der Waals surface area contributed by atoms with Crippen molar-refractivity contribution in [1.82, 2.24) is 5.32 Å². The molecule has 1 atom stereocenters. The second-order valence-electron chi connectivity index (χ2n) is 6.14. The highest BCUT2D eigenvalue weighted by Crippen LogP contribution is 2.20. The van der Waals surface area contributed by atoms with E-state index in [-0.39, 0.29) is 25.4 Å². The first-order chi connectivity index (χ1) is 12.3. The molecule has 0 aliphatic rings. The van der Waals surface area contributed by atoms with E-state index >= 15 is 0 Å². The Balaban J connectivity index is 1.93. The molecular formula is C20H22FNO4. The predicted octanol–water partition coefficient (Wildman–Crippen LogP) is 3.54. The summed E-state index contributed by atoms with van der Waals surface area (Å²) in [7, 11) is 0. The molecule has 0 fully saturated rings. The fraction of sp³-hybridized carbons (Fsp3) is 0.300. The van der Waals surface area contributed by atoms with Crippen LogP contribution in [0.4, 0.5) is 4.39 Å². The maximum Gasteiger partial charge on any atom is 0.305 e. The number of ether oxygens (including phenoxy) is 1. The van der Waals surface area contributed by atoms with Crippen molar-refractivity contribution in [2.24, 2.45) is 0 Å². The van der Waals surface area contributed by atoms with Crippen LogP contribution in [0.3, 0.4) is 0 Å². The van der Waals surface area contributed by atoms with E-state index in [1.54, 1.807) is 0 Å². The van der Waals surface area contributed by atoms with Gasteiger partial charge in [0.05, 0.1) is 25.5 Å². The molecule has 2 aromatic rings. The first kappa shape index (κ1) is 19.4.